The standard InChI is InChI=1S/2C26H28F3N5O3/c2*1-25(2)11-18(12-25)23(16-3-5-17(6-4-16)24(37)30-10-9-22(35)36)33-19-7-8-21(31-13-19)34-14-20(32-15-34)26(27,28)29/h2*3-8,13-15,18,23,33H,9-12H2,1-2H3,(H,30,37)(H,35,36)/t2*23-/m10/s1. The van der Waals surface area contributed by atoms with Gasteiger partial charge in [0.15, 0.2) is 11.4 Å². The van der Waals surface area contributed by atoms with Crippen molar-refractivity contribution in [1.82, 2.24) is 39.7 Å². The monoisotopic (exact) mass is 1030 g/mol. The van der Waals surface area contributed by atoms with Crippen molar-refractivity contribution in [1.29, 1.82) is 0 Å². The van der Waals surface area contributed by atoms with E-state index in [1.807, 2.05) is 24.3 Å². The number of anilines is 2. The molecule has 0 saturated heterocycles. The van der Waals surface area contributed by atoms with Crippen LogP contribution < -0.4 is 21.3 Å². The molecular formula is C52H56F6N10O6. The molecule has 16 nitrogen and oxygen atoms in total. The zero-order valence-corrected chi connectivity index (χ0v) is 40.8. The maximum atomic E-state index is 12.9. The molecule has 6 N–H and O–H groups in total. The van der Waals surface area contributed by atoms with Crippen molar-refractivity contribution in [3.05, 3.63) is 144 Å². The van der Waals surface area contributed by atoms with Gasteiger partial charge in [0.1, 0.15) is 24.3 Å². The zero-order valence-electron chi connectivity index (χ0n) is 40.8. The second-order valence-corrected chi connectivity index (χ2v) is 20.1. The number of rotatable bonds is 18. The lowest BCUT2D eigenvalue weighted by Crippen LogP contribution is -2.38. The first-order valence-corrected chi connectivity index (χ1v) is 23.7. The largest absolute Gasteiger partial charge is 0.481 e. The SMILES string of the molecule is CC1(C)CC([C@@H](Nc2ccc(-n3cnc(C(F)(F)F)c3)nc2)c2ccc(C(=O)NCCC(=O)O)cc2)C1.CC1(C)CC([C@H](Nc2ccc(-n3cnc(C(F)(F)F)c3)nc2)c2ccc(C(=O)NCCC(=O)O)cc2)C1. The minimum Gasteiger partial charge on any atom is -0.481 e. The summed E-state index contributed by atoms with van der Waals surface area (Å²) >= 11 is 0. The molecule has 0 spiro atoms. The van der Waals surface area contributed by atoms with Crippen molar-refractivity contribution >= 4 is 35.1 Å². The van der Waals surface area contributed by atoms with E-state index in [9.17, 15) is 45.5 Å². The zero-order chi connectivity index (χ0) is 53.6. The summed E-state index contributed by atoms with van der Waals surface area (Å²) < 4.78 is 79.6. The highest BCUT2D eigenvalue weighted by molar-refractivity contribution is 5.95. The number of nitrogens with one attached hydrogen (secondary N) is 4. The van der Waals surface area contributed by atoms with Gasteiger partial charge in [0.25, 0.3) is 11.8 Å². The number of hydrogen-bond acceptors (Lipinski definition) is 10. The molecule has 74 heavy (non-hydrogen) atoms. The van der Waals surface area contributed by atoms with Gasteiger partial charge in [0.2, 0.25) is 0 Å². The number of hydrogen-bond donors (Lipinski definition) is 6. The van der Waals surface area contributed by atoms with Crippen molar-refractivity contribution in [2.45, 2.75) is 90.7 Å². The van der Waals surface area contributed by atoms with Crippen LogP contribution in [-0.2, 0) is 21.9 Å². The van der Waals surface area contributed by atoms with Gasteiger partial charge >= 0.3 is 24.3 Å². The van der Waals surface area contributed by atoms with Gasteiger partial charge in [-0.3, -0.25) is 28.3 Å². The van der Waals surface area contributed by atoms with E-state index in [1.165, 1.54) is 9.13 Å². The topological polar surface area (TPSA) is 218 Å². The lowest BCUT2D eigenvalue weighted by atomic mass is 9.61. The van der Waals surface area contributed by atoms with Crippen LogP contribution in [0.1, 0.15) is 122 Å². The average Bonchev–Trinajstić information content (AvgIpc) is 4.04. The Bertz CT molecular complexity index is 2690. The average molecular weight is 1030 g/mol. The number of amides is 2. The van der Waals surface area contributed by atoms with Crippen molar-refractivity contribution < 1.29 is 55.7 Å². The molecule has 2 fully saturated rings. The third-order valence-electron chi connectivity index (χ3n) is 12.9. The van der Waals surface area contributed by atoms with Gasteiger partial charge in [-0.05, 0) is 108 Å². The van der Waals surface area contributed by atoms with Crippen LogP contribution in [0.4, 0.5) is 37.7 Å². The van der Waals surface area contributed by atoms with E-state index >= 15 is 0 Å². The van der Waals surface area contributed by atoms with Crippen molar-refractivity contribution in [3.8, 4) is 11.6 Å². The molecule has 6 aromatic rings. The van der Waals surface area contributed by atoms with Gasteiger partial charge < -0.3 is 31.5 Å². The lowest BCUT2D eigenvalue weighted by Gasteiger charge is -2.47. The molecule has 2 aliphatic rings. The van der Waals surface area contributed by atoms with E-state index in [0.717, 1.165) is 61.9 Å². The minimum atomic E-state index is -4.52. The quantitative estimate of drug-likeness (QED) is 0.0443. The van der Waals surface area contributed by atoms with Gasteiger partial charge in [0, 0.05) is 36.6 Å². The molecule has 2 atom stereocenters. The predicted molar refractivity (Wildman–Crippen MR) is 261 cm³/mol. The number of carbonyl (C=O) groups is 4. The fourth-order valence-electron chi connectivity index (χ4n) is 9.39. The molecule has 0 aliphatic heterocycles. The second kappa shape index (κ2) is 22.1. The number of carbonyl (C=O) groups excluding carboxylic acids is 2. The molecule has 22 heteroatoms. The third kappa shape index (κ3) is 14.2. The van der Waals surface area contributed by atoms with E-state index in [4.69, 9.17) is 10.2 Å². The predicted octanol–water partition coefficient (Wildman–Crippen LogP) is 10.2. The summed E-state index contributed by atoms with van der Waals surface area (Å²) in [6.07, 6.45) is 1.77. The number of halogens is 6. The Labute approximate surface area is 422 Å². The summed E-state index contributed by atoms with van der Waals surface area (Å²) in [5.41, 5.74) is 2.76. The summed E-state index contributed by atoms with van der Waals surface area (Å²) in [5, 5.41) is 29.6. The van der Waals surface area contributed by atoms with Crippen LogP contribution in [-0.4, -0.2) is 76.1 Å². The highest BCUT2D eigenvalue weighted by Gasteiger charge is 2.42. The Kier molecular flexibility index (Phi) is 16.2. The minimum absolute atomic E-state index is 0.0524. The number of pyridine rings is 2. The molecule has 0 unspecified atom stereocenters. The molecule has 392 valence electrons. The number of aliphatic carboxylic acids is 2. The first kappa shape index (κ1) is 54.0. The van der Waals surface area contributed by atoms with E-state index in [1.54, 1.807) is 60.9 Å². The Hall–Kier alpha value is -7.78. The van der Waals surface area contributed by atoms with Crippen LogP contribution in [0, 0.1) is 22.7 Å². The van der Waals surface area contributed by atoms with Gasteiger partial charge in [-0.1, -0.05) is 52.0 Å². The number of carboxylic acid groups (broad SMARTS) is 2. The van der Waals surface area contributed by atoms with Gasteiger partial charge in [-0.25, -0.2) is 19.9 Å². The van der Waals surface area contributed by atoms with E-state index in [2.05, 4.69) is 68.9 Å². The van der Waals surface area contributed by atoms with Crippen LogP contribution in [0.5, 0.6) is 0 Å². The number of benzene rings is 2. The fourth-order valence-corrected chi connectivity index (χ4v) is 9.39. The van der Waals surface area contributed by atoms with Crippen LogP contribution in [0.2, 0.25) is 0 Å². The van der Waals surface area contributed by atoms with Gasteiger partial charge in [0.05, 0.1) is 48.7 Å². The van der Waals surface area contributed by atoms with Crippen LogP contribution in [0.3, 0.4) is 0 Å². The van der Waals surface area contributed by atoms with E-state index in [0.29, 0.717) is 46.0 Å². The van der Waals surface area contributed by atoms with Crippen LogP contribution >= 0.6 is 0 Å². The van der Waals surface area contributed by atoms with Crippen molar-refractivity contribution in [2.75, 3.05) is 23.7 Å². The number of alkyl halides is 6. The highest BCUT2D eigenvalue weighted by atomic mass is 19.4. The molecule has 2 saturated carbocycles. The molecule has 4 aromatic heterocycles. The summed E-state index contributed by atoms with van der Waals surface area (Å²) in [4.78, 5) is 61.3. The summed E-state index contributed by atoms with van der Waals surface area (Å²) in [6.45, 7) is 8.95. The molecular weight excluding hydrogens is 975 g/mol. The Morgan fingerprint density at radius 1 is 0.568 bits per heavy atom. The summed E-state index contributed by atoms with van der Waals surface area (Å²) in [6, 6.07) is 21.0. The van der Waals surface area contributed by atoms with Crippen LogP contribution in [0.25, 0.3) is 11.6 Å². The van der Waals surface area contributed by atoms with Gasteiger partial charge in [-0.2, -0.15) is 26.3 Å². The first-order chi connectivity index (χ1) is 34.8. The molecule has 4 heterocycles. The van der Waals surface area contributed by atoms with E-state index < -0.39 is 35.7 Å². The number of carboxylic acids is 2. The highest BCUT2D eigenvalue weighted by Crippen LogP contribution is 2.52. The second-order valence-electron chi connectivity index (χ2n) is 20.1. The van der Waals surface area contributed by atoms with Crippen LogP contribution in [0.15, 0.2) is 110 Å². The summed E-state index contributed by atoms with van der Waals surface area (Å²) in [7, 11) is 0. The number of nitrogens with zero attached hydrogens (tertiary/aromatic N) is 6. The molecule has 0 bridgehead atoms. The van der Waals surface area contributed by atoms with Crippen molar-refractivity contribution in [2.24, 2.45) is 22.7 Å². The maximum Gasteiger partial charge on any atom is 0.434 e. The number of imidazole rings is 2. The lowest BCUT2D eigenvalue weighted by molar-refractivity contribution is -0.141. The van der Waals surface area contributed by atoms with Crippen molar-refractivity contribution in [3.63, 3.8) is 0 Å². The van der Waals surface area contributed by atoms with Gasteiger partial charge in [-0.15, -0.1) is 0 Å². The Morgan fingerprint density at radius 2 is 0.919 bits per heavy atom. The molecule has 2 aromatic carbocycles. The fraction of sp³-hybridized carbons (Fsp3) is 0.385. The molecule has 8 rings (SSSR count). The normalized spacial score (nSPS) is 16.0. The Morgan fingerprint density at radius 3 is 1.19 bits per heavy atom. The maximum absolute atomic E-state index is 12.9. The molecule has 2 aliphatic carbocycles. The first-order valence-electron chi connectivity index (χ1n) is 23.7. The third-order valence-corrected chi connectivity index (χ3v) is 12.9. The molecule has 0 radical (unpaired) electrons. The molecule has 2 amide bonds. The van der Waals surface area contributed by atoms with E-state index in [-0.39, 0.29) is 60.7 Å². The number of aromatic nitrogens is 6. The Balaban J connectivity index is 0.000000216. The smallest absolute Gasteiger partial charge is 0.434 e. The summed E-state index contributed by atoms with van der Waals surface area (Å²) in [5.74, 6) is -1.33.